The first-order valence-corrected chi connectivity index (χ1v) is 6.07. The lowest BCUT2D eigenvalue weighted by Crippen LogP contribution is -1.94. The Labute approximate surface area is 108 Å². The van der Waals surface area contributed by atoms with Crippen LogP contribution in [0.5, 0.6) is 0 Å². The summed E-state index contributed by atoms with van der Waals surface area (Å²) in [5.41, 5.74) is 3.65. The number of aromatic carboxylic acids is 1. The van der Waals surface area contributed by atoms with Crippen molar-refractivity contribution in [3.8, 4) is 11.1 Å². The normalized spacial score (nSPS) is 9.28. The summed E-state index contributed by atoms with van der Waals surface area (Å²) in [4.78, 5) is 10.7. The number of carbonyl (C=O) groups is 1. The molecule has 0 saturated heterocycles. The van der Waals surface area contributed by atoms with E-state index < -0.39 is 5.97 Å². The average Bonchev–Trinajstić information content (AvgIpc) is 2.41. The number of rotatable bonds is 2. The first-order chi connectivity index (χ1) is 8.66. The molecule has 0 radical (unpaired) electrons. The highest BCUT2D eigenvalue weighted by atomic mass is 16.4. The zero-order chi connectivity index (χ0) is 13.5. The van der Waals surface area contributed by atoms with Gasteiger partial charge in [-0.2, -0.15) is 0 Å². The van der Waals surface area contributed by atoms with Gasteiger partial charge in [-0.05, 0) is 30.2 Å². The predicted molar refractivity (Wildman–Crippen MR) is 74.9 cm³/mol. The van der Waals surface area contributed by atoms with Crippen molar-refractivity contribution in [2.75, 3.05) is 0 Å². The Morgan fingerprint density at radius 3 is 2.06 bits per heavy atom. The second-order valence-corrected chi connectivity index (χ2v) is 3.75. The molecule has 1 N–H and O–H groups in total. The monoisotopic (exact) mass is 242 g/mol. The van der Waals surface area contributed by atoms with Crippen LogP contribution in [0.1, 0.15) is 29.8 Å². The third-order valence-corrected chi connectivity index (χ3v) is 2.48. The molecule has 0 amide bonds. The molecule has 2 heteroatoms. The van der Waals surface area contributed by atoms with Crippen LogP contribution in [0.2, 0.25) is 0 Å². The number of aryl methyl sites for hydroxylation is 1. The third kappa shape index (κ3) is 3.45. The number of hydrogen-bond donors (Lipinski definition) is 1. The van der Waals surface area contributed by atoms with Crippen LogP contribution in [-0.4, -0.2) is 11.1 Å². The largest absolute Gasteiger partial charge is 0.478 e. The van der Waals surface area contributed by atoms with Gasteiger partial charge in [0.2, 0.25) is 0 Å². The summed E-state index contributed by atoms with van der Waals surface area (Å²) < 4.78 is 0. The van der Waals surface area contributed by atoms with Gasteiger partial charge >= 0.3 is 5.97 Å². The van der Waals surface area contributed by atoms with E-state index in [-0.39, 0.29) is 0 Å². The molecule has 0 saturated carbocycles. The van der Waals surface area contributed by atoms with Gasteiger partial charge in [0.1, 0.15) is 0 Å². The van der Waals surface area contributed by atoms with Crippen LogP contribution in [-0.2, 0) is 0 Å². The van der Waals surface area contributed by atoms with Crippen LogP contribution < -0.4 is 0 Å². The van der Waals surface area contributed by atoms with Gasteiger partial charge in [0.05, 0.1) is 5.56 Å². The lowest BCUT2D eigenvalue weighted by Gasteiger charge is -2.03. The van der Waals surface area contributed by atoms with E-state index in [2.05, 4.69) is 6.07 Å². The second-order valence-electron chi connectivity index (χ2n) is 3.75. The summed E-state index contributed by atoms with van der Waals surface area (Å²) in [6, 6.07) is 15.0. The Balaban J connectivity index is 0.000000771. The van der Waals surface area contributed by atoms with Crippen molar-refractivity contribution in [2.24, 2.45) is 0 Å². The van der Waals surface area contributed by atoms with Gasteiger partial charge in [-0.3, -0.25) is 0 Å². The highest BCUT2D eigenvalue weighted by Gasteiger charge is 2.02. The molecule has 94 valence electrons. The molecule has 0 bridgehead atoms. The third-order valence-electron chi connectivity index (χ3n) is 2.48. The van der Waals surface area contributed by atoms with Crippen molar-refractivity contribution < 1.29 is 9.90 Å². The maximum atomic E-state index is 10.7. The molecule has 18 heavy (non-hydrogen) atoms. The van der Waals surface area contributed by atoms with E-state index >= 15 is 0 Å². The van der Waals surface area contributed by atoms with Crippen LogP contribution >= 0.6 is 0 Å². The maximum absolute atomic E-state index is 10.7. The number of carboxylic acids is 1. The second kappa shape index (κ2) is 6.60. The lowest BCUT2D eigenvalue weighted by atomic mass is 10.0. The fraction of sp³-hybridized carbons (Fsp3) is 0.188. The van der Waals surface area contributed by atoms with E-state index in [4.69, 9.17) is 5.11 Å². The van der Waals surface area contributed by atoms with E-state index in [1.54, 1.807) is 12.1 Å². The van der Waals surface area contributed by atoms with Gasteiger partial charge in [0, 0.05) is 0 Å². The molecular weight excluding hydrogens is 224 g/mol. The maximum Gasteiger partial charge on any atom is 0.335 e. The lowest BCUT2D eigenvalue weighted by molar-refractivity contribution is 0.0697. The average molecular weight is 242 g/mol. The van der Waals surface area contributed by atoms with E-state index in [0.717, 1.165) is 11.1 Å². The van der Waals surface area contributed by atoms with Crippen molar-refractivity contribution in [2.45, 2.75) is 20.8 Å². The van der Waals surface area contributed by atoms with Gasteiger partial charge in [0.15, 0.2) is 0 Å². The van der Waals surface area contributed by atoms with Crippen LogP contribution in [0.4, 0.5) is 0 Å². The van der Waals surface area contributed by atoms with Gasteiger partial charge in [-0.1, -0.05) is 55.8 Å². The predicted octanol–water partition coefficient (Wildman–Crippen LogP) is 4.39. The highest BCUT2D eigenvalue weighted by Crippen LogP contribution is 2.20. The molecular formula is C16H18O2. The van der Waals surface area contributed by atoms with Crippen LogP contribution in [0.15, 0.2) is 48.5 Å². The molecule has 2 aromatic rings. The smallest absolute Gasteiger partial charge is 0.335 e. The van der Waals surface area contributed by atoms with Crippen LogP contribution in [0.25, 0.3) is 11.1 Å². The van der Waals surface area contributed by atoms with Crippen LogP contribution in [0.3, 0.4) is 0 Å². The zero-order valence-corrected chi connectivity index (χ0v) is 11.0. The quantitative estimate of drug-likeness (QED) is 0.848. The summed E-state index contributed by atoms with van der Waals surface area (Å²) >= 11 is 0. The Morgan fingerprint density at radius 1 is 0.944 bits per heavy atom. The molecule has 2 nitrogen and oxygen atoms in total. The molecule has 0 aliphatic carbocycles. The molecule has 0 aliphatic heterocycles. The van der Waals surface area contributed by atoms with E-state index in [9.17, 15) is 4.79 Å². The van der Waals surface area contributed by atoms with E-state index in [1.165, 1.54) is 5.56 Å². The van der Waals surface area contributed by atoms with Crippen molar-refractivity contribution in [3.05, 3.63) is 59.7 Å². The van der Waals surface area contributed by atoms with Crippen molar-refractivity contribution in [3.63, 3.8) is 0 Å². The SMILES string of the molecule is CC.Cc1cccc(-c2ccc(C(=O)O)cc2)c1. The van der Waals surface area contributed by atoms with Crippen molar-refractivity contribution in [1.82, 2.24) is 0 Å². The van der Waals surface area contributed by atoms with E-state index in [0.29, 0.717) is 5.56 Å². The first-order valence-electron chi connectivity index (χ1n) is 6.07. The summed E-state index contributed by atoms with van der Waals surface area (Å²) in [7, 11) is 0. The van der Waals surface area contributed by atoms with Gasteiger partial charge in [-0.15, -0.1) is 0 Å². The summed E-state index contributed by atoms with van der Waals surface area (Å²) in [6.45, 7) is 6.04. The molecule has 2 aromatic carbocycles. The zero-order valence-electron chi connectivity index (χ0n) is 11.0. The molecule has 0 aliphatic rings. The summed E-state index contributed by atoms with van der Waals surface area (Å²) in [6.07, 6.45) is 0. The molecule has 0 spiro atoms. The number of hydrogen-bond acceptors (Lipinski definition) is 1. The number of carboxylic acid groups (broad SMARTS) is 1. The molecule has 2 rings (SSSR count). The van der Waals surface area contributed by atoms with Crippen LogP contribution in [0, 0.1) is 6.92 Å². The van der Waals surface area contributed by atoms with Crippen molar-refractivity contribution in [1.29, 1.82) is 0 Å². The fourth-order valence-corrected chi connectivity index (χ4v) is 1.63. The molecule has 0 unspecified atom stereocenters. The minimum atomic E-state index is -0.893. The molecule has 0 atom stereocenters. The molecule has 0 aromatic heterocycles. The van der Waals surface area contributed by atoms with Crippen molar-refractivity contribution >= 4 is 5.97 Å². The summed E-state index contributed by atoms with van der Waals surface area (Å²) in [5, 5.41) is 8.79. The highest BCUT2D eigenvalue weighted by molar-refractivity contribution is 5.88. The Kier molecular flexibility index (Phi) is 5.12. The Bertz CT molecular complexity index is 513. The van der Waals surface area contributed by atoms with Gasteiger partial charge in [0.25, 0.3) is 0 Å². The minimum Gasteiger partial charge on any atom is -0.478 e. The minimum absolute atomic E-state index is 0.316. The first kappa shape index (κ1) is 14.0. The number of benzene rings is 2. The topological polar surface area (TPSA) is 37.3 Å². The standard InChI is InChI=1S/C14H12O2.C2H6/c1-10-3-2-4-13(9-10)11-5-7-12(8-6-11)14(15)16;1-2/h2-9H,1H3,(H,15,16);1-2H3. The molecule has 0 heterocycles. The van der Waals surface area contributed by atoms with Gasteiger partial charge < -0.3 is 5.11 Å². The molecule has 0 fully saturated rings. The Morgan fingerprint density at radius 2 is 1.56 bits per heavy atom. The van der Waals surface area contributed by atoms with Gasteiger partial charge in [-0.25, -0.2) is 4.79 Å². The summed E-state index contributed by atoms with van der Waals surface area (Å²) in [5.74, 6) is -0.893. The fourth-order valence-electron chi connectivity index (χ4n) is 1.63. The Hall–Kier alpha value is -2.09. The van der Waals surface area contributed by atoms with E-state index in [1.807, 2.05) is 51.1 Å².